The van der Waals surface area contributed by atoms with E-state index in [4.69, 9.17) is 4.55 Å². The van der Waals surface area contributed by atoms with Gasteiger partial charge in [-0.15, -0.1) is 0 Å². The van der Waals surface area contributed by atoms with Crippen molar-refractivity contribution < 1.29 is 17.8 Å². The molecule has 0 atom stereocenters. The summed E-state index contributed by atoms with van der Waals surface area (Å²) in [6.45, 7) is 11.1. The van der Waals surface area contributed by atoms with E-state index in [1.165, 1.54) is 0 Å². The summed E-state index contributed by atoms with van der Waals surface area (Å²) in [6.07, 6.45) is 3.30. The molecule has 0 unspecified atom stereocenters. The maximum absolute atomic E-state index is 12.2. The lowest BCUT2D eigenvalue weighted by Gasteiger charge is -2.28. The van der Waals surface area contributed by atoms with Crippen LogP contribution in [0.4, 0.5) is 0 Å². The Balaban J connectivity index is 4.90. The number of rotatable bonds is 7. The highest BCUT2D eigenvalue weighted by molar-refractivity contribution is 7.85. The Morgan fingerprint density at radius 1 is 1.25 bits per heavy atom. The third-order valence-corrected chi connectivity index (χ3v) is 4.35. The Hall–Kier alpha value is -0.880. The molecular formula is C14H27NO4S. The number of allylic oxidation sites excluding steroid dienone is 1. The van der Waals surface area contributed by atoms with E-state index in [1.54, 1.807) is 26.8 Å². The van der Waals surface area contributed by atoms with Crippen LogP contribution in [0, 0.1) is 5.41 Å². The molecule has 1 amide bonds. The van der Waals surface area contributed by atoms with Gasteiger partial charge in [0.15, 0.2) is 0 Å². The maximum Gasteiger partial charge on any atom is 0.267 e. The van der Waals surface area contributed by atoms with Gasteiger partial charge < -0.3 is 5.32 Å². The van der Waals surface area contributed by atoms with Crippen LogP contribution in [0.5, 0.6) is 0 Å². The number of hydrogen-bond acceptors (Lipinski definition) is 3. The molecule has 2 N–H and O–H groups in total. The highest BCUT2D eigenvalue weighted by Crippen LogP contribution is 2.29. The summed E-state index contributed by atoms with van der Waals surface area (Å²) in [7, 11) is -4.13. The molecule has 0 aromatic carbocycles. The van der Waals surface area contributed by atoms with E-state index in [9.17, 15) is 13.2 Å². The molecule has 0 aromatic rings. The summed E-state index contributed by atoms with van der Waals surface area (Å²) < 4.78 is 30.8. The minimum atomic E-state index is -4.13. The quantitative estimate of drug-likeness (QED) is 0.559. The molecule has 118 valence electrons. The molecule has 5 nitrogen and oxygen atoms in total. The third-order valence-electron chi connectivity index (χ3n) is 3.26. The van der Waals surface area contributed by atoms with Gasteiger partial charge in [0.2, 0.25) is 5.91 Å². The monoisotopic (exact) mass is 305 g/mol. The third kappa shape index (κ3) is 7.65. The maximum atomic E-state index is 12.2. The molecule has 0 bridgehead atoms. The molecule has 0 aliphatic heterocycles. The van der Waals surface area contributed by atoms with Crippen LogP contribution in [0.3, 0.4) is 0 Å². The van der Waals surface area contributed by atoms with Crippen LogP contribution in [0.15, 0.2) is 11.6 Å². The molecule has 0 saturated carbocycles. The summed E-state index contributed by atoms with van der Waals surface area (Å²) in [4.78, 5) is 12.2. The lowest BCUT2D eigenvalue weighted by Crippen LogP contribution is -2.49. The predicted octanol–water partition coefficient (Wildman–Crippen LogP) is 2.54. The molecule has 20 heavy (non-hydrogen) atoms. The average Bonchev–Trinajstić information content (AvgIpc) is 2.21. The second kappa shape index (κ2) is 6.72. The van der Waals surface area contributed by atoms with E-state index in [0.29, 0.717) is 12.0 Å². The zero-order chi connectivity index (χ0) is 16.2. The minimum absolute atomic E-state index is 0.00633. The number of carbonyl (C=O) groups excluding carboxylic acids is 1. The lowest BCUT2D eigenvalue weighted by atomic mass is 9.82. The molecule has 0 aliphatic carbocycles. The number of hydrogen-bond donors (Lipinski definition) is 2. The van der Waals surface area contributed by atoms with Crippen molar-refractivity contribution in [1.29, 1.82) is 0 Å². The van der Waals surface area contributed by atoms with E-state index in [2.05, 4.69) is 26.1 Å². The molecule has 6 heteroatoms. The fraction of sp³-hybridized carbons (Fsp3) is 0.786. The van der Waals surface area contributed by atoms with Gasteiger partial charge in [0.05, 0.1) is 11.3 Å². The Labute approximate surface area is 122 Å². The normalized spacial score (nSPS) is 14.2. The van der Waals surface area contributed by atoms with Gasteiger partial charge in [-0.1, -0.05) is 33.3 Å². The number of nitrogens with one attached hydrogen (secondary N) is 1. The first-order valence-corrected chi connectivity index (χ1v) is 8.36. The van der Waals surface area contributed by atoms with E-state index in [1.807, 2.05) is 0 Å². The van der Waals surface area contributed by atoms with E-state index in [-0.39, 0.29) is 11.3 Å². The number of amides is 1. The summed E-state index contributed by atoms with van der Waals surface area (Å²) in [6, 6.07) is 0. The Kier molecular flexibility index (Phi) is 6.42. The average molecular weight is 305 g/mol. The molecular weight excluding hydrogens is 278 g/mol. The first kappa shape index (κ1) is 19.1. The molecule has 0 spiro atoms. The van der Waals surface area contributed by atoms with Crippen LogP contribution in [-0.2, 0) is 14.9 Å². The largest absolute Gasteiger partial charge is 0.346 e. The van der Waals surface area contributed by atoms with Gasteiger partial charge >= 0.3 is 0 Å². The van der Waals surface area contributed by atoms with Crippen LogP contribution in [0.2, 0.25) is 0 Å². The molecule has 0 radical (unpaired) electrons. The zero-order valence-corrected chi connectivity index (χ0v) is 14.1. The second-order valence-electron chi connectivity index (χ2n) is 6.57. The van der Waals surface area contributed by atoms with Crippen molar-refractivity contribution in [3.8, 4) is 0 Å². The fourth-order valence-corrected chi connectivity index (χ4v) is 2.82. The predicted molar refractivity (Wildman–Crippen MR) is 81.1 cm³/mol. The van der Waals surface area contributed by atoms with E-state index >= 15 is 0 Å². The van der Waals surface area contributed by atoms with E-state index < -0.39 is 21.4 Å². The fourth-order valence-electron chi connectivity index (χ4n) is 1.83. The molecule has 0 rings (SSSR count). The van der Waals surface area contributed by atoms with Crippen LogP contribution in [0.1, 0.15) is 54.4 Å². The van der Waals surface area contributed by atoms with Crippen LogP contribution < -0.4 is 5.32 Å². The zero-order valence-electron chi connectivity index (χ0n) is 13.3. The van der Waals surface area contributed by atoms with E-state index in [0.717, 1.165) is 6.42 Å². The smallest absolute Gasteiger partial charge is 0.267 e. The van der Waals surface area contributed by atoms with Crippen molar-refractivity contribution in [1.82, 2.24) is 5.32 Å². The van der Waals surface area contributed by atoms with Crippen LogP contribution in [-0.4, -0.2) is 30.2 Å². The van der Waals surface area contributed by atoms with Gasteiger partial charge in [-0.25, -0.2) is 0 Å². The summed E-state index contributed by atoms with van der Waals surface area (Å²) in [5.74, 6) is -0.803. The summed E-state index contributed by atoms with van der Waals surface area (Å²) in [5.41, 5.74) is -0.387. The highest BCUT2D eigenvalue weighted by Gasteiger charge is 2.29. The van der Waals surface area contributed by atoms with Crippen LogP contribution >= 0.6 is 0 Å². The van der Waals surface area contributed by atoms with Crippen molar-refractivity contribution in [3.63, 3.8) is 0 Å². The highest BCUT2D eigenvalue weighted by atomic mass is 32.2. The van der Waals surface area contributed by atoms with Gasteiger partial charge in [0, 0.05) is 5.57 Å². The van der Waals surface area contributed by atoms with Crippen molar-refractivity contribution in [2.45, 2.75) is 59.9 Å². The molecule has 0 aliphatic rings. The first-order chi connectivity index (χ1) is 8.82. The van der Waals surface area contributed by atoms with Gasteiger partial charge in [0.25, 0.3) is 10.1 Å². The van der Waals surface area contributed by atoms with Gasteiger partial charge in [0.1, 0.15) is 0 Å². The van der Waals surface area contributed by atoms with Gasteiger partial charge in [-0.2, -0.15) is 8.42 Å². The topological polar surface area (TPSA) is 83.5 Å². The summed E-state index contributed by atoms with van der Waals surface area (Å²) in [5, 5.41) is 2.66. The standard InChI is InChI=1S/C14H27NO4S/c1-7-11(9-13(3,4)8-2)12(16)15-14(5,6)10-20(17,18)19/h7H,8-10H2,1-6H3,(H,15,16)(H,17,18,19)/b11-7+. The molecule has 0 saturated heterocycles. The molecule has 0 aromatic heterocycles. The Morgan fingerprint density at radius 3 is 2.10 bits per heavy atom. The van der Waals surface area contributed by atoms with Crippen molar-refractivity contribution >= 4 is 16.0 Å². The van der Waals surface area contributed by atoms with Crippen molar-refractivity contribution in [2.75, 3.05) is 5.75 Å². The second-order valence-corrected chi connectivity index (χ2v) is 8.03. The minimum Gasteiger partial charge on any atom is -0.346 e. The van der Waals surface area contributed by atoms with Gasteiger partial charge in [-0.3, -0.25) is 9.35 Å². The Bertz CT molecular complexity index is 475. The summed E-state index contributed by atoms with van der Waals surface area (Å²) >= 11 is 0. The molecule has 0 heterocycles. The van der Waals surface area contributed by atoms with Crippen molar-refractivity contribution in [2.24, 2.45) is 5.41 Å². The SMILES string of the molecule is C/C=C(\CC(C)(C)CC)C(=O)NC(C)(C)CS(=O)(=O)O. The lowest BCUT2D eigenvalue weighted by molar-refractivity contribution is -0.119. The number of carbonyl (C=O) groups is 1. The van der Waals surface area contributed by atoms with Crippen LogP contribution in [0.25, 0.3) is 0 Å². The van der Waals surface area contributed by atoms with Gasteiger partial charge in [-0.05, 0) is 32.6 Å². The van der Waals surface area contributed by atoms with Crippen molar-refractivity contribution in [3.05, 3.63) is 11.6 Å². The Morgan fingerprint density at radius 2 is 1.75 bits per heavy atom. The first-order valence-electron chi connectivity index (χ1n) is 6.75. The molecule has 0 fully saturated rings.